The zero-order valence-electron chi connectivity index (χ0n) is 8.48. The Hall–Kier alpha value is -1.53. The molecule has 15 heavy (non-hydrogen) atoms. The molecule has 0 amide bonds. The van der Waals surface area contributed by atoms with Crippen molar-refractivity contribution in [3.63, 3.8) is 0 Å². The molecule has 76 valence electrons. The van der Waals surface area contributed by atoms with Crippen molar-refractivity contribution in [2.45, 2.75) is 18.5 Å². The second kappa shape index (κ2) is 3.25. The lowest BCUT2D eigenvalue weighted by atomic mass is 10.2. The molecule has 0 spiro atoms. The maximum atomic E-state index is 7.01. The van der Waals surface area contributed by atoms with E-state index in [0.717, 1.165) is 18.8 Å². The van der Waals surface area contributed by atoms with E-state index in [1.54, 1.807) is 0 Å². The summed E-state index contributed by atoms with van der Waals surface area (Å²) in [6.45, 7) is 9.19. The van der Waals surface area contributed by atoms with Crippen molar-refractivity contribution >= 4 is 11.4 Å². The molecule has 2 atom stereocenters. The normalized spacial score (nSPS) is 28.1. The lowest BCUT2D eigenvalue weighted by Gasteiger charge is -2.29. The molecule has 3 rings (SSSR count). The fourth-order valence-corrected chi connectivity index (χ4v) is 2.62. The Kier molecular flexibility index (Phi) is 1.90. The van der Waals surface area contributed by atoms with Crippen LogP contribution in [0, 0.1) is 6.57 Å². The number of fused-ring (bicyclic) bond motifs is 2. The fourth-order valence-electron chi connectivity index (χ4n) is 2.62. The largest absolute Gasteiger partial charge is 0.367 e. The number of benzene rings is 1. The van der Waals surface area contributed by atoms with Crippen LogP contribution in [0.2, 0.25) is 0 Å². The van der Waals surface area contributed by atoms with Gasteiger partial charge in [0.25, 0.3) is 0 Å². The van der Waals surface area contributed by atoms with Crippen LogP contribution in [0.15, 0.2) is 24.3 Å². The van der Waals surface area contributed by atoms with Crippen molar-refractivity contribution < 1.29 is 0 Å². The zero-order chi connectivity index (χ0) is 10.3. The zero-order valence-corrected chi connectivity index (χ0v) is 8.48. The summed E-state index contributed by atoms with van der Waals surface area (Å²) >= 11 is 0. The number of hydrogen-bond donors (Lipinski definition) is 1. The van der Waals surface area contributed by atoms with Crippen LogP contribution in [-0.4, -0.2) is 25.2 Å². The highest BCUT2D eigenvalue weighted by molar-refractivity contribution is 5.60. The molecule has 2 aliphatic rings. The quantitative estimate of drug-likeness (QED) is 0.696. The minimum Gasteiger partial charge on any atom is -0.367 e. The van der Waals surface area contributed by atoms with Crippen LogP contribution in [-0.2, 0) is 0 Å². The number of hydrogen-bond acceptors (Lipinski definition) is 2. The Morgan fingerprint density at radius 1 is 1.47 bits per heavy atom. The van der Waals surface area contributed by atoms with Gasteiger partial charge in [0.2, 0.25) is 0 Å². The molecule has 0 aromatic heterocycles. The summed E-state index contributed by atoms with van der Waals surface area (Å²) in [6.07, 6.45) is 1.25. The highest BCUT2D eigenvalue weighted by Gasteiger charge is 2.37. The monoisotopic (exact) mass is 199 g/mol. The van der Waals surface area contributed by atoms with Crippen LogP contribution in [0.4, 0.5) is 11.4 Å². The van der Waals surface area contributed by atoms with Crippen molar-refractivity contribution in [3.8, 4) is 0 Å². The van der Waals surface area contributed by atoms with Gasteiger partial charge in [-0.05, 0) is 18.6 Å². The first-order valence-electron chi connectivity index (χ1n) is 5.34. The van der Waals surface area contributed by atoms with Crippen LogP contribution in [0.25, 0.3) is 4.85 Å². The third-order valence-corrected chi connectivity index (χ3v) is 3.35. The van der Waals surface area contributed by atoms with Gasteiger partial charge in [-0.15, -0.1) is 0 Å². The highest BCUT2D eigenvalue weighted by Crippen LogP contribution is 2.31. The van der Waals surface area contributed by atoms with Gasteiger partial charge >= 0.3 is 0 Å². The summed E-state index contributed by atoms with van der Waals surface area (Å²) in [5, 5.41) is 3.48. The van der Waals surface area contributed by atoms with Gasteiger partial charge in [-0.2, -0.15) is 0 Å². The Balaban J connectivity index is 1.90. The van der Waals surface area contributed by atoms with E-state index in [0.29, 0.717) is 12.1 Å². The second-order valence-electron chi connectivity index (χ2n) is 4.28. The van der Waals surface area contributed by atoms with E-state index >= 15 is 0 Å². The average Bonchev–Trinajstić information content (AvgIpc) is 2.91. The predicted octanol–water partition coefficient (Wildman–Crippen LogP) is 1.79. The number of nitrogens with one attached hydrogen (secondary N) is 1. The molecule has 2 saturated heterocycles. The molecular weight excluding hydrogens is 186 g/mol. The van der Waals surface area contributed by atoms with E-state index in [1.165, 1.54) is 12.1 Å². The van der Waals surface area contributed by atoms with E-state index < -0.39 is 0 Å². The first-order chi connectivity index (χ1) is 7.36. The Bertz CT molecular complexity index is 421. The molecule has 0 aliphatic carbocycles. The van der Waals surface area contributed by atoms with E-state index in [9.17, 15) is 0 Å². The molecule has 3 heteroatoms. The summed E-state index contributed by atoms with van der Waals surface area (Å²) in [4.78, 5) is 5.90. The van der Waals surface area contributed by atoms with Crippen LogP contribution in [0.1, 0.15) is 6.42 Å². The average molecular weight is 199 g/mol. The summed E-state index contributed by atoms with van der Waals surface area (Å²) in [5.74, 6) is 0. The molecule has 0 radical (unpaired) electrons. The predicted molar refractivity (Wildman–Crippen MR) is 60.2 cm³/mol. The summed E-state index contributed by atoms with van der Waals surface area (Å²) in [7, 11) is 0. The molecule has 1 N–H and O–H groups in total. The Morgan fingerprint density at radius 2 is 2.40 bits per heavy atom. The molecule has 0 unspecified atom stereocenters. The standard InChI is InChI=1S/C12H13N3/c1-13-9-3-2-4-11(5-9)15-8-10-6-12(15)7-14-10/h2-5,10,12,14H,6-8H2/t10-,12-/m1/s1. The lowest BCUT2D eigenvalue weighted by molar-refractivity contribution is 0.580. The first-order valence-corrected chi connectivity index (χ1v) is 5.34. The maximum absolute atomic E-state index is 7.01. The van der Waals surface area contributed by atoms with Gasteiger partial charge < -0.3 is 10.2 Å². The molecule has 2 aliphatic heterocycles. The van der Waals surface area contributed by atoms with E-state index in [1.807, 2.05) is 18.2 Å². The van der Waals surface area contributed by atoms with Crippen molar-refractivity contribution in [3.05, 3.63) is 35.7 Å². The smallest absolute Gasteiger partial charge is 0.189 e. The van der Waals surface area contributed by atoms with E-state index in [2.05, 4.69) is 21.1 Å². The van der Waals surface area contributed by atoms with Gasteiger partial charge in [0, 0.05) is 30.9 Å². The van der Waals surface area contributed by atoms with Crippen LogP contribution >= 0.6 is 0 Å². The molecule has 2 bridgehead atoms. The third-order valence-electron chi connectivity index (χ3n) is 3.35. The molecule has 0 saturated carbocycles. The Morgan fingerprint density at radius 3 is 3.07 bits per heavy atom. The highest BCUT2D eigenvalue weighted by atomic mass is 15.3. The second-order valence-corrected chi connectivity index (χ2v) is 4.28. The molecule has 1 aromatic carbocycles. The number of piperazine rings is 1. The summed E-state index contributed by atoms with van der Waals surface area (Å²) in [6, 6.07) is 9.23. The van der Waals surface area contributed by atoms with E-state index in [-0.39, 0.29) is 0 Å². The van der Waals surface area contributed by atoms with Gasteiger partial charge in [-0.1, -0.05) is 12.1 Å². The minimum absolute atomic E-state index is 0.635. The van der Waals surface area contributed by atoms with Crippen molar-refractivity contribution in [1.82, 2.24) is 5.32 Å². The summed E-state index contributed by atoms with van der Waals surface area (Å²) in [5.41, 5.74) is 1.95. The third kappa shape index (κ3) is 1.38. The van der Waals surface area contributed by atoms with E-state index in [4.69, 9.17) is 6.57 Å². The lowest BCUT2D eigenvalue weighted by Crippen LogP contribution is -2.43. The van der Waals surface area contributed by atoms with Crippen molar-refractivity contribution in [2.75, 3.05) is 18.0 Å². The summed E-state index contributed by atoms with van der Waals surface area (Å²) < 4.78 is 0. The van der Waals surface area contributed by atoms with Crippen molar-refractivity contribution in [2.24, 2.45) is 0 Å². The maximum Gasteiger partial charge on any atom is 0.189 e. The first kappa shape index (κ1) is 8.75. The van der Waals surface area contributed by atoms with Gasteiger partial charge in [0.05, 0.1) is 6.57 Å². The van der Waals surface area contributed by atoms with Gasteiger partial charge in [-0.3, -0.25) is 0 Å². The van der Waals surface area contributed by atoms with Crippen LogP contribution < -0.4 is 10.2 Å². The Labute approximate surface area is 89.5 Å². The molecule has 2 fully saturated rings. The molecule has 2 heterocycles. The molecular formula is C12H13N3. The topological polar surface area (TPSA) is 19.6 Å². The SMILES string of the molecule is [C-]#[N+]c1cccc(N2C[C@H]3C[C@@H]2CN3)c1. The number of nitrogens with zero attached hydrogens (tertiary/aromatic N) is 2. The van der Waals surface area contributed by atoms with Crippen LogP contribution in [0.3, 0.4) is 0 Å². The molecule has 3 nitrogen and oxygen atoms in total. The number of anilines is 1. The van der Waals surface area contributed by atoms with Crippen molar-refractivity contribution in [1.29, 1.82) is 0 Å². The fraction of sp³-hybridized carbons (Fsp3) is 0.417. The minimum atomic E-state index is 0.635. The molecule has 1 aromatic rings. The van der Waals surface area contributed by atoms with Crippen LogP contribution in [0.5, 0.6) is 0 Å². The van der Waals surface area contributed by atoms with Gasteiger partial charge in [-0.25, -0.2) is 4.85 Å². The number of rotatable bonds is 1. The van der Waals surface area contributed by atoms with Gasteiger partial charge in [0.15, 0.2) is 5.69 Å². The van der Waals surface area contributed by atoms with Gasteiger partial charge in [0.1, 0.15) is 0 Å².